The van der Waals surface area contributed by atoms with Gasteiger partial charge in [-0.05, 0) is 67.5 Å². The number of nitrogens with zero attached hydrogens (tertiary/aromatic N) is 2. The Morgan fingerprint density at radius 1 is 1.14 bits per heavy atom. The van der Waals surface area contributed by atoms with Gasteiger partial charge in [0.25, 0.3) is 5.91 Å². The van der Waals surface area contributed by atoms with Crippen LogP contribution in [0.2, 0.25) is 5.02 Å². The number of hydrogen-bond acceptors (Lipinski definition) is 5. The molecule has 3 aromatic rings. The van der Waals surface area contributed by atoms with Crippen LogP contribution in [0.4, 0.5) is 14.5 Å². The van der Waals surface area contributed by atoms with E-state index in [1.54, 1.807) is 24.0 Å². The van der Waals surface area contributed by atoms with E-state index in [-0.39, 0.29) is 33.0 Å². The minimum atomic E-state index is -3.89. The molecule has 3 unspecified atom stereocenters. The maximum absolute atomic E-state index is 13.7. The van der Waals surface area contributed by atoms with Crippen LogP contribution in [-0.4, -0.2) is 34.5 Å². The van der Waals surface area contributed by atoms with Gasteiger partial charge in [0.15, 0.2) is 21.5 Å². The number of aryl methyl sites for hydroxylation is 1. The molecule has 7 nitrogen and oxygen atoms in total. The number of sulfone groups is 1. The molecule has 1 heterocycles. The molecular weight excluding hydrogens is 524 g/mol. The molecule has 6 rings (SSSR count). The lowest BCUT2D eigenvalue weighted by molar-refractivity contribution is -0.160. The number of fused-ring (bicyclic) bond motifs is 2. The van der Waals surface area contributed by atoms with Gasteiger partial charge in [-0.3, -0.25) is 9.48 Å². The predicted octanol–water partition coefficient (Wildman–Crippen LogP) is 4.92. The normalized spacial score (nSPS) is 25.8. The van der Waals surface area contributed by atoms with Gasteiger partial charge in [0.2, 0.25) is 0 Å². The third-order valence-corrected chi connectivity index (χ3v) is 10.9. The second-order valence-electron chi connectivity index (χ2n) is 10.1. The van der Waals surface area contributed by atoms with Crippen molar-refractivity contribution in [3.05, 3.63) is 76.6 Å². The Labute approximate surface area is 218 Å². The number of aromatic nitrogens is 2. The largest absolute Gasteiger partial charge is 0.386 e. The van der Waals surface area contributed by atoms with Gasteiger partial charge < -0.3 is 10.4 Å². The van der Waals surface area contributed by atoms with Gasteiger partial charge in [-0.1, -0.05) is 18.5 Å². The van der Waals surface area contributed by atoms with E-state index >= 15 is 0 Å². The zero-order valence-corrected chi connectivity index (χ0v) is 21.7. The van der Waals surface area contributed by atoms with Crippen LogP contribution in [0.25, 0.3) is 0 Å². The lowest BCUT2D eigenvalue weighted by Gasteiger charge is -2.61. The fourth-order valence-corrected chi connectivity index (χ4v) is 8.35. The molecule has 3 aliphatic carbocycles. The molecule has 11 heteroatoms. The third-order valence-electron chi connectivity index (χ3n) is 8.27. The summed E-state index contributed by atoms with van der Waals surface area (Å²) < 4.78 is 55.7. The average Bonchev–Trinajstić information content (AvgIpc) is 3.31. The zero-order chi connectivity index (χ0) is 26.7. The van der Waals surface area contributed by atoms with E-state index in [0.29, 0.717) is 18.5 Å². The summed E-state index contributed by atoms with van der Waals surface area (Å²) >= 11 is 6.29. The van der Waals surface area contributed by atoms with Crippen molar-refractivity contribution in [2.24, 2.45) is 24.3 Å². The summed E-state index contributed by atoms with van der Waals surface area (Å²) in [7, 11) is -2.13. The van der Waals surface area contributed by atoms with E-state index < -0.39 is 44.1 Å². The lowest BCUT2D eigenvalue weighted by Crippen LogP contribution is -2.58. The van der Waals surface area contributed by atoms with Crippen molar-refractivity contribution in [1.82, 2.24) is 9.78 Å². The number of carbonyl (C=O) groups excluding carboxylic acids is 1. The van der Waals surface area contributed by atoms with Gasteiger partial charge in [0, 0.05) is 36.0 Å². The zero-order valence-electron chi connectivity index (χ0n) is 20.2. The fourth-order valence-electron chi connectivity index (χ4n) is 5.95. The predicted molar refractivity (Wildman–Crippen MR) is 134 cm³/mol. The standard InChI is InChI=1S/C26H26ClF2N3O4S/c1-26(24(33)22-7-8-30-32(22)2)15-10-16(26)12-18(11-15)37(35,36)23-9-14(3-5-19(23)27)25(34)31-17-4-6-20(28)21(29)13-17/h3-9,13,15-16,18,24,33H,10-12H2,1-2H3,(H,31,34). The van der Waals surface area contributed by atoms with Crippen LogP contribution < -0.4 is 5.32 Å². The number of hydrogen-bond donors (Lipinski definition) is 2. The van der Waals surface area contributed by atoms with Gasteiger partial charge in [-0.15, -0.1) is 0 Å². The quantitative estimate of drug-likeness (QED) is 0.455. The van der Waals surface area contributed by atoms with Gasteiger partial charge in [-0.25, -0.2) is 17.2 Å². The summed E-state index contributed by atoms with van der Waals surface area (Å²) in [5, 5.41) is 17.0. The first kappa shape index (κ1) is 25.8. The highest BCUT2D eigenvalue weighted by Crippen LogP contribution is 2.65. The maximum atomic E-state index is 13.7. The van der Waals surface area contributed by atoms with Crippen LogP contribution in [0.1, 0.15) is 48.3 Å². The van der Waals surface area contributed by atoms with Crippen LogP contribution in [0.5, 0.6) is 0 Å². The van der Waals surface area contributed by atoms with E-state index in [4.69, 9.17) is 11.6 Å². The van der Waals surface area contributed by atoms with Crippen molar-refractivity contribution in [3.8, 4) is 0 Å². The first-order valence-corrected chi connectivity index (χ1v) is 13.8. The number of halogens is 3. The fraction of sp³-hybridized carbons (Fsp3) is 0.385. The lowest BCUT2D eigenvalue weighted by atomic mass is 9.45. The summed E-state index contributed by atoms with van der Waals surface area (Å²) in [4.78, 5) is 12.6. The topological polar surface area (TPSA) is 101 Å². The summed E-state index contributed by atoms with van der Waals surface area (Å²) in [6.07, 6.45) is 2.43. The average molecular weight is 550 g/mol. The first-order valence-electron chi connectivity index (χ1n) is 11.9. The molecular formula is C26H26ClF2N3O4S. The maximum Gasteiger partial charge on any atom is 0.255 e. The van der Waals surface area contributed by atoms with Crippen molar-refractivity contribution in [2.75, 3.05) is 5.32 Å². The monoisotopic (exact) mass is 549 g/mol. The molecule has 0 spiro atoms. The van der Waals surface area contributed by atoms with Crippen molar-refractivity contribution >= 4 is 33.0 Å². The Kier molecular flexibility index (Phi) is 6.40. The number of benzene rings is 2. The van der Waals surface area contributed by atoms with Crippen molar-refractivity contribution in [1.29, 1.82) is 0 Å². The number of aliphatic hydroxyl groups is 1. The number of aliphatic hydroxyl groups excluding tert-OH is 1. The minimum Gasteiger partial charge on any atom is -0.386 e. The van der Waals surface area contributed by atoms with Crippen LogP contribution in [0.15, 0.2) is 53.6 Å². The van der Waals surface area contributed by atoms with Crippen LogP contribution in [0, 0.1) is 28.9 Å². The first-order chi connectivity index (χ1) is 17.4. The van der Waals surface area contributed by atoms with Crippen LogP contribution in [-0.2, 0) is 16.9 Å². The Morgan fingerprint density at radius 3 is 2.46 bits per heavy atom. The number of anilines is 1. The van der Waals surface area contributed by atoms with Crippen molar-refractivity contribution in [2.45, 2.75) is 42.4 Å². The van der Waals surface area contributed by atoms with E-state index in [2.05, 4.69) is 10.4 Å². The number of nitrogens with one attached hydrogen (secondary N) is 1. The molecule has 1 aromatic heterocycles. The van der Waals surface area contributed by atoms with E-state index in [0.717, 1.165) is 18.6 Å². The van der Waals surface area contributed by atoms with Crippen molar-refractivity contribution < 1.29 is 27.1 Å². The highest BCUT2D eigenvalue weighted by molar-refractivity contribution is 7.92. The Hall–Kier alpha value is -2.82. The highest BCUT2D eigenvalue weighted by Gasteiger charge is 2.61. The second-order valence-corrected chi connectivity index (χ2v) is 12.7. The van der Waals surface area contributed by atoms with E-state index in [1.807, 2.05) is 6.92 Å². The molecule has 0 saturated heterocycles. The molecule has 0 radical (unpaired) electrons. The summed E-state index contributed by atoms with van der Waals surface area (Å²) in [5.74, 6) is -2.86. The molecule has 3 aliphatic rings. The molecule has 37 heavy (non-hydrogen) atoms. The Morgan fingerprint density at radius 2 is 1.84 bits per heavy atom. The third kappa shape index (κ3) is 4.24. The molecule has 2 N–H and O–H groups in total. The van der Waals surface area contributed by atoms with Gasteiger partial charge in [0.05, 0.1) is 20.9 Å². The van der Waals surface area contributed by atoms with Crippen molar-refractivity contribution in [3.63, 3.8) is 0 Å². The molecule has 3 saturated carbocycles. The SMILES string of the molecule is Cn1nccc1C(O)C1(C)C2CC1CC(S(=O)(=O)c1cc(C(=O)Nc3ccc(F)c(F)c3)ccc1Cl)C2. The van der Waals surface area contributed by atoms with Gasteiger partial charge in [0.1, 0.15) is 6.10 Å². The Balaban J connectivity index is 1.36. The molecule has 196 valence electrons. The van der Waals surface area contributed by atoms with Gasteiger partial charge >= 0.3 is 0 Å². The highest BCUT2D eigenvalue weighted by atomic mass is 35.5. The second kappa shape index (κ2) is 9.18. The Bertz CT molecular complexity index is 1480. The molecule has 2 bridgehead atoms. The van der Waals surface area contributed by atoms with E-state index in [9.17, 15) is 27.1 Å². The van der Waals surface area contributed by atoms with Crippen LogP contribution >= 0.6 is 11.6 Å². The minimum absolute atomic E-state index is 0.00121. The van der Waals surface area contributed by atoms with Gasteiger partial charge in [-0.2, -0.15) is 5.10 Å². The summed E-state index contributed by atoms with van der Waals surface area (Å²) in [5.41, 5.74) is 0.281. The molecule has 3 atom stereocenters. The number of amides is 1. The van der Waals surface area contributed by atoms with E-state index in [1.165, 1.54) is 24.3 Å². The molecule has 2 aromatic carbocycles. The summed E-state index contributed by atoms with van der Waals surface area (Å²) in [6.45, 7) is 2.00. The number of carbonyl (C=O) groups is 1. The molecule has 0 aliphatic heterocycles. The van der Waals surface area contributed by atoms with Crippen LogP contribution in [0.3, 0.4) is 0 Å². The number of rotatable bonds is 6. The summed E-state index contributed by atoms with van der Waals surface area (Å²) in [6, 6.07) is 8.63. The molecule has 1 amide bonds. The smallest absolute Gasteiger partial charge is 0.255 e. The molecule has 3 fully saturated rings.